The van der Waals surface area contributed by atoms with E-state index in [4.69, 9.17) is 4.55 Å². The first-order valence-corrected chi connectivity index (χ1v) is 5.42. The molecule has 16 heavy (non-hydrogen) atoms. The molecule has 0 atom stereocenters. The lowest BCUT2D eigenvalue weighted by Gasteiger charge is -1.99. The molecule has 0 fully saturated rings. The molecule has 1 heterocycles. The molecule has 0 aliphatic carbocycles. The Balaban J connectivity index is 2.88. The fraction of sp³-hybridized carbons (Fsp3) is 0. The zero-order valence-electron chi connectivity index (χ0n) is 7.61. The smallest absolute Gasteiger partial charge is 0.282 e. The van der Waals surface area contributed by atoms with Crippen molar-refractivity contribution >= 4 is 26.7 Å². The van der Waals surface area contributed by atoms with Crippen LogP contribution in [0.25, 0.3) is 10.9 Å². The first kappa shape index (κ1) is 10.5. The number of nitro groups is 1. The van der Waals surface area contributed by atoms with Crippen molar-refractivity contribution in [2.45, 2.75) is 4.90 Å². The minimum Gasteiger partial charge on any atom is -0.282 e. The van der Waals surface area contributed by atoms with Crippen molar-refractivity contribution in [1.82, 2.24) is 10.2 Å². The first-order valence-electron chi connectivity index (χ1n) is 3.98. The van der Waals surface area contributed by atoms with Crippen LogP contribution in [0.5, 0.6) is 0 Å². The molecule has 0 amide bonds. The molecule has 0 radical (unpaired) electrons. The molecule has 0 saturated carbocycles. The summed E-state index contributed by atoms with van der Waals surface area (Å²) in [6.45, 7) is 0. The van der Waals surface area contributed by atoms with Crippen molar-refractivity contribution in [2.75, 3.05) is 0 Å². The van der Waals surface area contributed by atoms with Gasteiger partial charge in [0.15, 0.2) is 4.90 Å². The highest BCUT2D eigenvalue weighted by Gasteiger charge is 2.25. The monoisotopic (exact) mass is 243 g/mol. The number of aromatic nitrogens is 2. The lowest BCUT2D eigenvalue weighted by molar-refractivity contribution is -0.387. The van der Waals surface area contributed by atoms with E-state index in [1.165, 1.54) is 6.20 Å². The fourth-order valence-electron chi connectivity index (χ4n) is 1.31. The largest absolute Gasteiger partial charge is 0.301 e. The SMILES string of the molecule is O=[N+]([O-])c1cc2cn[nH]c2cc1S(=O)(=O)O. The highest BCUT2D eigenvalue weighted by atomic mass is 32.2. The Morgan fingerprint density at radius 2 is 2.12 bits per heavy atom. The van der Waals surface area contributed by atoms with E-state index in [0.29, 0.717) is 10.9 Å². The van der Waals surface area contributed by atoms with Gasteiger partial charge < -0.3 is 0 Å². The van der Waals surface area contributed by atoms with Crippen LogP contribution in [0.15, 0.2) is 23.2 Å². The summed E-state index contributed by atoms with van der Waals surface area (Å²) in [6.07, 6.45) is 1.32. The van der Waals surface area contributed by atoms with Gasteiger partial charge in [-0.15, -0.1) is 0 Å². The normalized spacial score (nSPS) is 11.8. The van der Waals surface area contributed by atoms with Crippen molar-refractivity contribution in [3.05, 3.63) is 28.4 Å². The maximum atomic E-state index is 10.9. The van der Waals surface area contributed by atoms with Gasteiger partial charge in [-0.1, -0.05) is 0 Å². The summed E-state index contributed by atoms with van der Waals surface area (Å²) in [5.74, 6) is 0. The predicted molar refractivity (Wildman–Crippen MR) is 52.6 cm³/mol. The summed E-state index contributed by atoms with van der Waals surface area (Å²) in [4.78, 5) is 9.00. The van der Waals surface area contributed by atoms with Crippen LogP contribution in [0.2, 0.25) is 0 Å². The molecule has 2 aromatic rings. The van der Waals surface area contributed by atoms with E-state index in [2.05, 4.69) is 10.2 Å². The van der Waals surface area contributed by atoms with Crippen LogP contribution in [0.4, 0.5) is 5.69 Å². The third kappa shape index (κ3) is 1.61. The fourth-order valence-corrected chi connectivity index (χ4v) is 1.97. The molecule has 0 saturated heterocycles. The highest BCUT2D eigenvalue weighted by molar-refractivity contribution is 7.86. The van der Waals surface area contributed by atoms with Crippen molar-refractivity contribution in [3.63, 3.8) is 0 Å². The quantitative estimate of drug-likeness (QED) is 0.454. The molecule has 8 nitrogen and oxygen atoms in total. The Labute approximate surface area is 88.8 Å². The van der Waals surface area contributed by atoms with Crippen LogP contribution >= 0.6 is 0 Å². The number of benzene rings is 1. The van der Waals surface area contributed by atoms with E-state index in [1.807, 2.05) is 0 Å². The predicted octanol–water partition coefficient (Wildman–Crippen LogP) is 0.718. The van der Waals surface area contributed by atoms with E-state index in [-0.39, 0.29) is 0 Å². The number of hydrogen-bond donors (Lipinski definition) is 2. The van der Waals surface area contributed by atoms with E-state index in [0.717, 1.165) is 12.1 Å². The Bertz CT molecular complexity index is 674. The van der Waals surface area contributed by atoms with Crippen LogP contribution in [0.1, 0.15) is 0 Å². The van der Waals surface area contributed by atoms with Gasteiger partial charge in [-0.2, -0.15) is 13.5 Å². The first-order chi connectivity index (χ1) is 7.39. The van der Waals surface area contributed by atoms with E-state index < -0.39 is 25.6 Å². The Morgan fingerprint density at radius 1 is 1.44 bits per heavy atom. The number of nitrogens with zero attached hydrogens (tertiary/aromatic N) is 2. The van der Waals surface area contributed by atoms with Gasteiger partial charge in [0.25, 0.3) is 5.69 Å². The van der Waals surface area contributed by atoms with Gasteiger partial charge in [-0.25, -0.2) is 0 Å². The minimum absolute atomic E-state index is 0.290. The maximum Gasteiger partial charge on any atom is 0.301 e. The second kappa shape index (κ2) is 3.25. The topological polar surface area (TPSA) is 126 Å². The summed E-state index contributed by atoms with van der Waals surface area (Å²) in [5, 5.41) is 17.1. The van der Waals surface area contributed by atoms with E-state index >= 15 is 0 Å². The van der Waals surface area contributed by atoms with Gasteiger partial charge in [0.2, 0.25) is 0 Å². The van der Waals surface area contributed by atoms with Crippen LogP contribution in [-0.4, -0.2) is 28.1 Å². The molecular weight excluding hydrogens is 238 g/mol. The summed E-state index contributed by atoms with van der Waals surface area (Å²) >= 11 is 0. The number of rotatable bonds is 2. The second-order valence-electron chi connectivity index (χ2n) is 3.01. The number of nitro benzene ring substituents is 1. The highest BCUT2D eigenvalue weighted by Crippen LogP contribution is 2.28. The van der Waals surface area contributed by atoms with Gasteiger partial charge in [0.05, 0.1) is 16.6 Å². The summed E-state index contributed by atoms with van der Waals surface area (Å²) in [7, 11) is -4.64. The number of H-pyrrole nitrogens is 1. The molecule has 0 bridgehead atoms. The lowest BCUT2D eigenvalue weighted by atomic mass is 10.2. The minimum atomic E-state index is -4.64. The third-order valence-corrected chi connectivity index (χ3v) is 2.88. The summed E-state index contributed by atoms with van der Waals surface area (Å²) in [6, 6.07) is 2.00. The maximum absolute atomic E-state index is 10.9. The van der Waals surface area contributed by atoms with Crippen LogP contribution in [0, 0.1) is 10.1 Å². The molecule has 9 heteroatoms. The zero-order chi connectivity index (χ0) is 11.9. The van der Waals surface area contributed by atoms with E-state index in [9.17, 15) is 18.5 Å². The molecule has 84 valence electrons. The van der Waals surface area contributed by atoms with Crippen LogP contribution < -0.4 is 0 Å². The van der Waals surface area contributed by atoms with Crippen molar-refractivity contribution < 1.29 is 17.9 Å². The molecular formula is C7H5N3O5S. The Kier molecular flexibility index (Phi) is 2.14. The molecule has 1 aromatic carbocycles. The zero-order valence-corrected chi connectivity index (χ0v) is 8.43. The van der Waals surface area contributed by atoms with Gasteiger partial charge in [0.1, 0.15) is 0 Å². The van der Waals surface area contributed by atoms with Gasteiger partial charge in [-0.3, -0.25) is 19.8 Å². The molecule has 0 aliphatic rings. The number of nitrogens with one attached hydrogen (secondary N) is 1. The van der Waals surface area contributed by atoms with Crippen molar-refractivity contribution in [1.29, 1.82) is 0 Å². The lowest BCUT2D eigenvalue weighted by Crippen LogP contribution is -2.03. The Hall–Kier alpha value is -2.00. The average molecular weight is 243 g/mol. The summed E-state index contributed by atoms with van der Waals surface area (Å²) in [5.41, 5.74) is -0.394. The summed E-state index contributed by atoms with van der Waals surface area (Å²) < 4.78 is 30.7. The number of fused-ring (bicyclic) bond motifs is 1. The van der Waals surface area contributed by atoms with Gasteiger partial charge in [0, 0.05) is 11.5 Å². The van der Waals surface area contributed by atoms with E-state index in [1.54, 1.807) is 0 Å². The molecule has 0 aliphatic heterocycles. The number of aromatic amines is 1. The van der Waals surface area contributed by atoms with Crippen molar-refractivity contribution in [3.8, 4) is 0 Å². The molecule has 2 rings (SSSR count). The number of hydrogen-bond acceptors (Lipinski definition) is 5. The van der Waals surface area contributed by atoms with Crippen molar-refractivity contribution in [2.24, 2.45) is 0 Å². The molecule has 0 unspecified atom stereocenters. The molecule has 1 aromatic heterocycles. The standard InChI is InChI=1S/C7H5N3O5S/c11-10(12)6-1-4-3-8-9-5(4)2-7(6)16(13,14)15/h1-3H,(H,8,9)(H,13,14,15). The average Bonchev–Trinajstić information content (AvgIpc) is 2.60. The third-order valence-electron chi connectivity index (χ3n) is 1.99. The van der Waals surface area contributed by atoms with Crippen LogP contribution in [0.3, 0.4) is 0 Å². The van der Waals surface area contributed by atoms with Gasteiger partial charge >= 0.3 is 10.1 Å². The molecule has 0 spiro atoms. The second-order valence-corrected chi connectivity index (χ2v) is 4.40. The van der Waals surface area contributed by atoms with Gasteiger partial charge in [-0.05, 0) is 6.07 Å². The molecule has 2 N–H and O–H groups in total. The van der Waals surface area contributed by atoms with Crippen LogP contribution in [-0.2, 0) is 10.1 Å². The Morgan fingerprint density at radius 3 is 2.69 bits per heavy atom.